The number of halogens is 2. The first-order valence-electron chi connectivity index (χ1n) is 4.14. The summed E-state index contributed by atoms with van der Waals surface area (Å²) < 4.78 is 12.9. The van der Waals surface area contributed by atoms with Crippen molar-refractivity contribution < 1.29 is 4.39 Å². The van der Waals surface area contributed by atoms with Crippen molar-refractivity contribution in [2.45, 2.75) is 19.4 Å². The largest absolute Gasteiger partial charge is 0.324 e. The fourth-order valence-electron chi connectivity index (χ4n) is 1.09. The van der Waals surface area contributed by atoms with E-state index in [0.29, 0.717) is 0 Å². The van der Waals surface area contributed by atoms with Gasteiger partial charge in [0.05, 0.1) is 5.56 Å². The maximum absolute atomic E-state index is 12.9. The van der Waals surface area contributed by atoms with E-state index in [1.54, 1.807) is 12.1 Å². The van der Waals surface area contributed by atoms with Crippen LogP contribution in [0.3, 0.4) is 0 Å². The summed E-state index contributed by atoms with van der Waals surface area (Å²) in [6.07, 6.45) is 0.774. The zero-order chi connectivity index (χ0) is 9.84. The highest BCUT2D eigenvalue weighted by Crippen LogP contribution is 2.16. The number of nitriles is 1. The van der Waals surface area contributed by atoms with Crippen LogP contribution in [0.5, 0.6) is 0 Å². The molecule has 1 rings (SSSR count). The van der Waals surface area contributed by atoms with Gasteiger partial charge in [-0.2, -0.15) is 5.26 Å². The van der Waals surface area contributed by atoms with Crippen molar-refractivity contribution in [1.82, 2.24) is 0 Å². The van der Waals surface area contributed by atoms with Gasteiger partial charge >= 0.3 is 0 Å². The molecule has 0 heterocycles. The molecule has 4 heteroatoms. The van der Waals surface area contributed by atoms with Crippen molar-refractivity contribution in [2.24, 2.45) is 5.73 Å². The normalized spacial score (nSPS) is 11.3. The molecule has 0 aliphatic heterocycles. The average molecular weight is 215 g/mol. The van der Waals surface area contributed by atoms with E-state index in [9.17, 15) is 4.39 Å². The predicted molar refractivity (Wildman–Crippen MR) is 55.6 cm³/mol. The van der Waals surface area contributed by atoms with Crippen LogP contribution in [0, 0.1) is 17.1 Å². The van der Waals surface area contributed by atoms with Gasteiger partial charge in [-0.05, 0) is 24.1 Å². The van der Waals surface area contributed by atoms with E-state index >= 15 is 0 Å². The van der Waals surface area contributed by atoms with Crippen LogP contribution in [-0.4, -0.2) is 0 Å². The number of hydrogen-bond acceptors (Lipinski definition) is 2. The molecule has 0 unspecified atom stereocenters. The average Bonchev–Trinajstić information content (AvgIpc) is 2.17. The summed E-state index contributed by atoms with van der Waals surface area (Å²) in [6.45, 7) is 1.94. The Balaban J connectivity index is 0.00000169. The zero-order valence-corrected chi connectivity index (χ0v) is 8.64. The van der Waals surface area contributed by atoms with Gasteiger partial charge in [-0.1, -0.05) is 13.0 Å². The van der Waals surface area contributed by atoms with E-state index < -0.39 is 5.82 Å². The molecule has 0 saturated carbocycles. The second-order valence-corrected chi connectivity index (χ2v) is 2.87. The lowest BCUT2D eigenvalue weighted by Gasteiger charge is -2.08. The summed E-state index contributed by atoms with van der Waals surface area (Å²) >= 11 is 0. The summed E-state index contributed by atoms with van der Waals surface area (Å²) in [4.78, 5) is 0. The molecule has 0 amide bonds. The standard InChI is InChI=1S/C10H11FN2.ClH/c1-2-10(13)7-3-4-9(11)8(5-7)6-12;/h3-5,10H,2,13H2,1H3;1H/t10-;/m1./s1. The van der Waals surface area contributed by atoms with Gasteiger partial charge in [0.1, 0.15) is 11.9 Å². The van der Waals surface area contributed by atoms with Crippen molar-refractivity contribution in [3.63, 3.8) is 0 Å². The van der Waals surface area contributed by atoms with Gasteiger partial charge in [-0.25, -0.2) is 4.39 Å². The van der Waals surface area contributed by atoms with E-state index in [-0.39, 0.29) is 24.0 Å². The van der Waals surface area contributed by atoms with Crippen LogP contribution in [0.1, 0.15) is 30.5 Å². The van der Waals surface area contributed by atoms with Crippen molar-refractivity contribution in [3.8, 4) is 6.07 Å². The highest BCUT2D eigenvalue weighted by molar-refractivity contribution is 5.85. The Morgan fingerprint density at radius 3 is 2.71 bits per heavy atom. The summed E-state index contributed by atoms with van der Waals surface area (Å²) in [5.41, 5.74) is 6.60. The molecule has 2 nitrogen and oxygen atoms in total. The Morgan fingerprint density at radius 1 is 1.57 bits per heavy atom. The maximum Gasteiger partial charge on any atom is 0.140 e. The smallest absolute Gasteiger partial charge is 0.140 e. The van der Waals surface area contributed by atoms with Crippen molar-refractivity contribution in [2.75, 3.05) is 0 Å². The van der Waals surface area contributed by atoms with Crippen LogP contribution in [0.25, 0.3) is 0 Å². The van der Waals surface area contributed by atoms with Crippen LogP contribution in [-0.2, 0) is 0 Å². The summed E-state index contributed by atoms with van der Waals surface area (Å²) in [7, 11) is 0. The number of nitrogens with zero attached hydrogens (tertiary/aromatic N) is 1. The van der Waals surface area contributed by atoms with Gasteiger partial charge in [0.15, 0.2) is 0 Å². The molecule has 76 valence electrons. The van der Waals surface area contributed by atoms with Gasteiger partial charge in [0, 0.05) is 6.04 Å². The Kier molecular flexibility index (Phi) is 5.14. The first-order chi connectivity index (χ1) is 6.19. The first-order valence-corrected chi connectivity index (χ1v) is 4.14. The van der Waals surface area contributed by atoms with Gasteiger partial charge in [-0.3, -0.25) is 0 Å². The van der Waals surface area contributed by atoms with Crippen LogP contribution < -0.4 is 5.73 Å². The van der Waals surface area contributed by atoms with Crippen molar-refractivity contribution in [3.05, 3.63) is 35.1 Å². The number of hydrogen-bond donors (Lipinski definition) is 1. The molecule has 0 saturated heterocycles. The second kappa shape index (κ2) is 5.58. The molecule has 0 aliphatic rings. The van der Waals surface area contributed by atoms with Gasteiger partial charge < -0.3 is 5.73 Å². The molecule has 0 radical (unpaired) electrons. The molecule has 1 aromatic carbocycles. The second-order valence-electron chi connectivity index (χ2n) is 2.87. The van der Waals surface area contributed by atoms with Crippen LogP contribution >= 0.6 is 12.4 Å². The fourth-order valence-corrected chi connectivity index (χ4v) is 1.09. The molecule has 0 fully saturated rings. The lowest BCUT2D eigenvalue weighted by Crippen LogP contribution is -2.08. The molecule has 2 N–H and O–H groups in total. The van der Waals surface area contributed by atoms with Crippen molar-refractivity contribution in [1.29, 1.82) is 5.26 Å². The molecule has 0 aromatic heterocycles. The third-order valence-corrected chi connectivity index (χ3v) is 1.98. The molecular formula is C10H12ClFN2. The maximum atomic E-state index is 12.9. The summed E-state index contributed by atoms with van der Waals surface area (Å²) in [5.74, 6) is -0.491. The Bertz CT molecular complexity index is 346. The quantitative estimate of drug-likeness (QED) is 0.823. The highest BCUT2D eigenvalue weighted by atomic mass is 35.5. The van der Waals surface area contributed by atoms with Crippen LogP contribution in [0.2, 0.25) is 0 Å². The fraction of sp³-hybridized carbons (Fsp3) is 0.300. The predicted octanol–water partition coefficient (Wildman–Crippen LogP) is 2.53. The summed E-state index contributed by atoms with van der Waals surface area (Å²) in [6, 6.07) is 6.07. The van der Waals surface area contributed by atoms with E-state index in [0.717, 1.165) is 12.0 Å². The summed E-state index contributed by atoms with van der Waals surface area (Å²) in [5, 5.41) is 8.57. The third-order valence-electron chi connectivity index (χ3n) is 1.98. The minimum absolute atomic E-state index is 0. The molecule has 14 heavy (non-hydrogen) atoms. The monoisotopic (exact) mass is 214 g/mol. The van der Waals surface area contributed by atoms with Gasteiger partial charge in [0.25, 0.3) is 0 Å². The Labute approximate surface area is 88.9 Å². The van der Waals surface area contributed by atoms with E-state index in [2.05, 4.69) is 0 Å². The lowest BCUT2D eigenvalue weighted by atomic mass is 10.0. The third kappa shape index (κ3) is 2.69. The highest BCUT2D eigenvalue weighted by Gasteiger charge is 2.07. The van der Waals surface area contributed by atoms with Gasteiger partial charge in [0.2, 0.25) is 0 Å². The molecule has 0 spiro atoms. The number of rotatable bonds is 2. The first kappa shape index (κ1) is 12.9. The molecule has 0 bridgehead atoms. The van der Waals surface area contributed by atoms with E-state index in [1.807, 2.05) is 6.92 Å². The molecular weight excluding hydrogens is 203 g/mol. The minimum Gasteiger partial charge on any atom is -0.324 e. The van der Waals surface area contributed by atoms with Crippen LogP contribution in [0.4, 0.5) is 4.39 Å². The number of benzene rings is 1. The van der Waals surface area contributed by atoms with Crippen LogP contribution in [0.15, 0.2) is 18.2 Å². The van der Waals surface area contributed by atoms with Crippen molar-refractivity contribution >= 4 is 12.4 Å². The van der Waals surface area contributed by atoms with E-state index in [1.165, 1.54) is 12.1 Å². The zero-order valence-electron chi connectivity index (χ0n) is 7.83. The minimum atomic E-state index is -0.491. The number of nitrogens with two attached hydrogens (primary N) is 1. The molecule has 1 atom stereocenters. The Hall–Kier alpha value is -1.11. The SMILES string of the molecule is CC[C@@H](N)c1ccc(F)c(C#N)c1.Cl. The topological polar surface area (TPSA) is 49.8 Å². The molecule has 1 aromatic rings. The van der Waals surface area contributed by atoms with E-state index in [4.69, 9.17) is 11.0 Å². The molecule has 0 aliphatic carbocycles. The van der Waals surface area contributed by atoms with Gasteiger partial charge in [-0.15, -0.1) is 12.4 Å². The Morgan fingerprint density at radius 2 is 2.21 bits per heavy atom. The lowest BCUT2D eigenvalue weighted by molar-refractivity contribution is 0.619.